The van der Waals surface area contributed by atoms with Crippen LogP contribution in [0.3, 0.4) is 0 Å². The van der Waals surface area contributed by atoms with Crippen LogP contribution in [0, 0.1) is 0 Å². The Labute approximate surface area is 90.5 Å². The van der Waals surface area contributed by atoms with Gasteiger partial charge < -0.3 is 21.1 Å². The molecule has 0 spiro atoms. The van der Waals surface area contributed by atoms with Gasteiger partial charge >= 0.3 is 11.9 Å². The van der Waals surface area contributed by atoms with E-state index >= 15 is 0 Å². The van der Waals surface area contributed by atoms with Crippen LogP contribution >= 0.6 is 0 Å². The van der Waals surface area contributed by atoms with Crippen molar-refractivity contribution in [1.29, 1.82) is 0 Å². The summed E-state index contributed by atoms with van der Waals surface area (Å²) >= 11 is 0. The molecule has 0 aliphatic heterocycles. The van der Waals surface area contributed by atoms with Crippen LogP contribution in [0.15, 0.2) is 24.0 Å². The van der Waals surface area contributed by atoms with E-state index in [-0.39, 0.29) is 12.0 Å². The summed E-state index contributed by atoms with van der Waals surface area (Å²) in [6.07, 6.45) is 2.02. The van der Waals surface area contributed by atoms with Gasteiger partial charge in [0, 0.05) is 0 Å². The molecule has 0 aliphatic rings. The van der Waals surface area contributed by atoms with Crippen LogP contribution in [0.5, 0.6) is 0 Å². The van der Waals surface area contributed by atoms with Gasteiger partial charge in [-0.3, -0.25) is 9.59 Å². The molecule has 16 heavy (non-hydrogen) atoms. The van der Waals surface area contributed by atoms with Crippen molar-refractivity contribution < 1.29 is 29.7 Å². The topological polar surface area (TPSA) is 138 Å². The van der Waals surface area contributed by atoms with E-state index in [4.69, 9.17) is 21.1 Å². The molecule has 5 N–H and O–H groups in total. The molecule has 0 unspecified atom stereocenters. The highest BCUT2D eigenvalue weighted by atomic mass is 16.4. The minimum Gasteiger partial charge on any atom is -0.516 e. The summed E-state index contributed by atoms with van der Waals surface area (Å²) in [7, 11) is 0. The Kier molecular flexibility index (Phi) is 5.50. The highest BCUT2D eigenvalue weighted by molar-refractivity contribution is 6.37. The highest BCUT2D eigenvalue weighted by Gasteiger charge is 2.15. The lowest BCUT2D eigenvalue weighted by molar-refractivity contribution is -0.146. The Morgan fingerprint density at radius 1 is 1.25 bits per heavy atom. The first-order chi connectivity index (χ1) is 7.38. The molecule has 0 aromatic carbocycles. The normalized spacial score (nSPS) is 13.7. The van der Waals surface area contributed by atoms with E-state index in [1.807, 2.05) is 0 Å². The fourth-order valence-corrected chi connectivity index (χ4v) is 0.842. The van der Waals surface area contributed by atoms with Crippen LogP contribution in [0.1, 0.15) is 6.42 Å². The molecule has 0 aliphatic carbocycles. The monoisotopic (exact) mass is 229 g/mol. The van der Waals surface area contributed by atoms with Crippen LogP contribution < -0.4 is 5.73 Å². The number of aliphatic hydroxyl groups excluding tert-OH is 1. The van der Waals surface area contributed by atoms with Crippen molar-refractivity contribution in [2.45, 2.75) is 12.5 Å². The third kappa shape index (κ3) is 4.91. The summed E-state index contributed by atoms with van der Waals surface area (Å²) in [5.41, 5.74) is 5.20. The number of nitrogens with two attached hydrogens (primary N) is 1. The van der Waals surface area contributed by atoms with Gasteiger partial charge in [-0.1, -0.05) is 0 Å². The van der Waals surface area contributed by atoms with Crippen LogP contribution in [-0.2, 0) is 14.4 Å². The molecular weight excluding hydrogens is 218 g/mol. The Hall–Kier alpha value is -2.15. The van der Waals surface area contributed by atoms with E-state index in [0.717, 1.165) is 6.08 Å². The SMILES string of the molecule is N[C@@H](CC(/C=C/O)=C\C(=O)C(=O)O)C(=O)O. The molecule has 0 radical (unpaired) electrons. The van der Waals surface area contributed by atoms with Gasteiger partial charge in [-0.05, 0) is 24.1 Å². The molecular formula is C9H11NO6. The van der Waals surface area contributed by atoms with Crippen molar-refractivity contribution in [3.63, 3.8) is 0 Å². The van der Waals surface area contributed by atoms with Gasteiger partial charge in [-0.15, -0.1) is 0 Å². The smallest absolute Gasteiger partial charge is 0.376 e. The number of allylic oxidation sites excluding steroid dienone is 1. The molecule has 0 aromatic heterocycles. The number of carboxylic acids is 2. The first-order valence-corrected chi connectivity index (χ1v) is 4.15. The second-order valence-electron chi connectivity index (χ2n) is 2.85. The minimum absolute atomic E-state index is 0.0183. The molecule has 0 rings (SSSR count). The summed E-state index contributed by atoms with van der Waals surface area (Å²) < 4.78 is 0. The Morgan fingerprint density at radius 3 is 2.19 bits per heavy atom. The van der Waals surface area contributed by atoms with Crippen molar-refractivity contribution in [2.24, 2.45) is 5.73 Å². The predicted molar refractivity (Wildman–Crippen MR) is 52.7 cm³/mol. The average molecular weight is 229 g/mol. The summed E-state index contributed by atoms with van der Waals surface area (Å²) in [5.74, 6) is -4.18. The number of hydrogen-bond acceptors (Lipinski definition) is 5. The number of ketones is 1. The summed E-state index contributed by atoms with van der Waals surface area (Å²) in [6.45, 7) is 0. The van der Waals surface area contributed by atoms with Gasteiger partial charge in [0.2, 0.25) is 0 Å². The standard InChI is InChI=1S/C9H11NO6/c10-6(8(13)14)3-5(1-2-11)4-7(12)9(15)16/h1-2,4,6,11H,3,10H2,(H,13,14)(H,15,16)/b2-1+,5-4-/t6-/m0/s1. The lowest BCUT2D eigenvalue weighted by Crippen LogP contribution is -2.30. The van der Waals surface area contributed by atoms with Crippen LogP contribution in [0.4, 0.5) is 0 Å². The lowest BCUT2D eigenvalue weighted by atomic mass is 10.1. The van der Waals surface area contributed by atoms with Crippen LogP contribution in [0.2, 0.25) is 0 Å². The maximum Gasteiger partial charge on any atom is 0.376 e. The summed E-state index contributed by atoms with van der Waals surface area (Å²) in [6, 6.07) is -1.27. The number of aliphatic hydroxyl groups is 1. The minimum atomic E-state index is -1.67. The zero-order valence-electron chi connectivity index (χ0n) is 8.16. The van der Waals surface area contributed by atoms with Crippen molar-refractivity contribution >= 4 is 17.7 Å². The largest absolute Gasteiger partial charge is 0.516 e. The van der Waals surface area contributed by atoms with Gasteiger partial charge in [-0.25, -0.2) is 4.79 Å². The van der Waals surface area contributed by atoms with Gasteiger partial charge in [0.15, 0.2) is 0 Å². The summed E-state index contributed by atoms with van der Waals surface area (Å²) in [4.78, 5) is 31.4. The Bertz CT molecular complexity index is 357. The van der Waals surface area contributed by atoms with E-state index < -0.39 is 23.8 Å². The van der Waals surface area contributed by atoms with E-state index in [1.165, 1.54) is 0 Å². The number of carboxylic acid groups (broad SMARTS) is 2. The Balaban J connectivity index is 4.81. The molecule has 0 amide bonds. The third-order valence-electron chi connectivity index (χ3n) is 1.59. The third-order valence-corrected chi connectivity index (χ3v) is 1.59. The van der Waals surface area contributed by atoms with Crippen molar-refractivity contribution in [3.05, 3.63) is 24.0 Å². The molecule has 0 saturated heterocycles. The van der Waals surface area contributed by atoms with Gasteiger partial charge in [0.1, 0.15) is 6.04 Å². The second-order valence-corrected chi connectivity index (χ2v) is 2.85. The number of carbonyl (C=O) groups excluding carboxylic acids is 1. The van der Waals surface area contributed by atoms with E-state index in [2.05, 4.69) is 0 Å². The molecule has 0 heterocycles. The molecule has 88 valence electrons. The van der Waals surface area contributed by atoms with Crippen molar-refractivity contribution in [3.8, 4) is 0 Å². The predicted octanol–water partition coefficient (Wildman–Crippen LogP) is -0.560. The van der Waals surface area contributed by atoms with Gasteiger partial charge in [-0.2, -0.15) is 0 Å². The highest BCUT2D eigenvalue weighted by Crippen LogP contribution is 2.06. The van der Waals surface area contributed by atoms with Gasteiger partial charge in [0.25, 0.3) is 5.78 Å². The number of carbonyl (C=O) groups is 3. The first kappa shape index (κ1) is 13.8. The van der Waals surface area contributed by atoms with E-state index in [1.54, 1.807) is 0 Å². The van der Waals surface area contributed by atoms with E-state index in [9.17, 15) is 14.4 Å². The number of hydrogen-bond donors (Lipinski definition) is 4. The quantitative estimate of drug-likeness (QED) is 0.207. The molecule has 7 nitrogen and oxygen atoms in total. The van der Waals surface area contributed by atoms with E-state index in [0.29, 0.717) is 12.3 Å². The zero-order valence-corrected chi connectivity index (χ0v) is 8.16. The first-order valence-electron chi connectivity index (χ1n) is 4.15. The number of aliphatic carboxylic acids is 2. The summed E-state index contributed by atoms with van der Waals surface area (Å²) in [5, 5.41) is 25.3. The second kappa shape index (κ2) is 6.36. The molecule has 0 saturated carbocycles. The fourth-order valence-electron chi connectivity index (χ4n) is 0.842. The van der Waals surface area contributed by atoms with Crippen molar-refractivity contribution in [2.75, 3.05) is 0 Å². The Morgan fingerprint density at radius 2 is 1.81 bits per heavy atom. The maximum atomic E-state index is 10.8. The van der Waals surface area contributed by atoms with Crippen LogP contribution in [-0.4, -0.2) is 39.1 Å². The molecule has 7 heteroatoms. The fraction of sp³-hybridized carbons (Fsp3) is 0.222. The lowest BCUT2D eigenvalue weighted by Gasteiger charge is -2.06. The number of rotatable bonds is 6. The average Bonchev–Trinajstić information content (AvgIpc) is 2.17. The maximum absolute atomic E-state index is 10.8. The molecule has 1 atom stereocenters. The van der Waals surface area contributed by atoms with Crippen molar-refractivity contribution in [1.82, 2.24) is 0 Å². The molecule has 0 bridgehead atoms. The zero-order chi connectivity index (χ0) is 12.7. The van der Waals surface area contributed by atoms with Gasteiger partial charge in [0.05, 0.1) is 6.26 Å². The molecule has 0 aromatic rings. The molecule has 0 fully saturated rings. The van der Waals surface area contributed by atoms with Crippen LogP contribution in [0.25, 0.3) is 0 Å².